The molecule has 3 aromatic rings. The number of fused-ring (bicyclic) bond motifs is 1. The summed E-state index contributed by atoms with van der Waals surface area (Å²) in [7, 11) is 1.64. The molecule has 0 aliphatic carbocycles. The predicted molar refractivity (Wildman–Crippen MR) is 101 cm³/mol. The van der Waals surface area contributed by atoms with E-state index in [0.717, 1.165) is 22.2 Å². The van der Waals surface area contributed by atoms with Crippen LogP contribution in [-0.4, -0.2) is 26.6 Å². The van der Waals surface area contributed by atoms with Crippen molar-refractivity contribution in [3.05, 3.63) is 46.9 Å². The number of rotatable bonds is 6. The van der Waals surface area contributed by atoms with Crippen LogP contribution in [0.5, 0.6) is 0 Å². The highest BCUT2D eigenvalue weighted by atomic mass is 16.2. The summed E-state index contributed by atoms with van der Waals surface area (Å²) in [6.45, 7) is 3.92. The van der Waals surface area contributed by atoms with Gasteiger partial charge in [-0.1, -0.05) is 25.1 Å². The maximum absolute atomic E-state index is 12.5. The average molecular weight is 353 g/mol. The van der Waals surface area contributed by atoms with Gasteiger partial charge in [-0.05, 0) is 31.4 Å². The first-order valence-corrected chi connectivity index (χ1v) is 8.64. The van der Waals surface area contributed by atoms with Crippen LogP contribution in [0.1, 0.15) is 40.8 Å². The number of hydrogen-bond acceptors (Lipinski definition) is 3. The number of H-pyrrole nitrogens is 1. The zero-order chi connectivity index (χ0) is 18.8. The van der Waals surface area contributed by atoms with Crippen molar-refractivity contribution in [2.75, 3.05) is 5.32 Å². The maximum Gasteiger partial charge on any atom is 0.269 e. The zero-order valence-electron chi connectivity index (χ0n) is 15.2. The molecule has 2 heterocycles. The van der Waals surface area contributed by atoms with Gasteiger partial charge in [0.25, 0.3) is 5.91 Å². The van der Waals surface area contributed by atoms with E-state index in [1.807, 2.05) is 38.1 Å². The molecule has 0 aliphatic rings. The second-order valence-electron chi connectivity index (χ2n) is 6.33. The predicted octanol–water partition coefficient (Wildman–Crippen LogP) is 2.44. The first kappa shape index (κ1) is 17.7. The number of aromatic amines is 1. The lowest BCUT2D eigenvalue weighted by atomic mass is 10.1. The van der Waals surface area contributed by atoms with Crippen molar-refractivity contribution in [2.24, 2.45) is 12.8 Å². The van der Waals surface area contributed by atoms with Crippen molar-refractivity contribution >= 4 is 28.4 Å². The molecule has 0 saturated heterocycles. The molecular weight excluding hydrogens is 330 g/mol. The van der Waals surface area contributed by atoms with Crippen LogP contribution in [0.3, 0.4) is 0 Å². The van der Waals surface area contributed by atoms with Crippen LogP contribution in [-0.2, 0) is 24.7 Å². The third-order valence-corrected chi connectivity index (χ3v) is 4.58. The molecule has 4 N–H and O–H groups in total. The lowest BCUT2D eigenvalue weighted by molar-refractivity contribution is -0.116. The Morgan fingerprint density at radius 3 is 2.73 bits per heavy atom. The molecule has 0 spiro atoms. The fraction of sp³-hybridized carbons (Fsp3) is 0.316. The summed E-state index contributed by atoms with van der Waals surface area (Å²) >= 11 is 0. The summed E-state index contributed by atoms with van der Waals surface area (Å²) in [6, 6.07) is 8.04. The van der Waals surface area contributed by atoms with Gasteiger partial charge in [-0.25, -0.2) is 0 Å². The summed E-state index contributed by atoms with van der Waals surface area (Å²) in [5, 5.41) is 8.22. The van der Waals surface area contributed by atoms with Gasteiger partial charge < -0.3 is 16.0 Å². The van der Waals surface area contributed by atoms with E-state index in [-0.39, 0.29) is 11.6 Å². The summed E-state index contributed by atoms with van der Waals surface area (Å²) in [6.07, 6.45) is 1.51. The van der Waals surface area contributed by atoms with E-state index in [0.29, 0.717) is 30.6 Å². The number of aromatic nitrogens is 3. The van der Waals surface area contributed by atoms with Gasteiger partial charge >= 0.3 is 0 Å². The van der Waals surface area contributed by atoms with Gasteiger partial charge in [0.1, 0.15) is 5.69 Å². The Morgan fingerprint density at radius 1 is 1.31 bits per heavy atom. The number of benzene rings is 1. The maximum atomic E-state index is 12.5. The smallest absolute Gasteiger partial charge is 0.269 e. The molecule has 7 heteroatoms. The minimum absolute atomic E-state index is 0.167. The van der Waals surface area contributed by atoms with E-state index in [2.05, 4.69) is 15.4 Å². The van der Waals surface area contributed by atoms with Crippen LogP contribution in [0.25, 0.3) is 10.9 Å². The van der Waals surface area contributed by atoms with Crippen LogP contribution >= 0.6 is 0 Å². The van der Waals surface area contributed by atoms with E-state index >= 15 is 0 Å². The lowest BCUT2D eigenvalue weighted by Crippen LogP contribution is -2.20. The Hall–Kier alpha value is -3.09. The van der Waals surface area contributed by atoms with Crippen molar-refractivity contribution in [1.82, 2.24) is 14.8 Å². The van der Waals surface area contributed by atoms with E-state index in [1.165, 1.54) is 4.68 Å². The third-order valence-electron chi connectivity index (χ3n) is 4.58. The Balaban J connectivity index is 1.78. The van der Waals surface area contributed by atoms with Gasteiger partial charge in [0.05, 0.1) is 11.4 Å². The highest BCUT2D eigenvalue weighted by Crippen LogP contribution is 2.24. The number of carbonyl (C=O) groups is 2. The van der Waals surface area contributed by atoms with Crippen LogP contribution in [0.15, 0.2) is 24.3 Å². The molecule has 0 unspecified atom stereocenters. The first-order chi connectivity index (χ1) is 12.4. The molecule has 2 aromatic heterocycles. The monoisotopic (exact) mass is 353 g/mol. The number of primary amides is 1. The largest absolute Gasteiger partial charge is 0.364 e. The Kier molecular flexibility index (Phi) is 4.79. The lowest BCUT2D eigenvalue weighted by Gasteiger charge is -2.07. The molecule has 0 aliphatic heterocycles. The number of hydrogen-bond donors (Lipinski definition) is 3. The molecule has 2 amide bonds. The first-order valence-electron chi connectivity index (χ1n) is 8.64. The van der Waals surface area contributed by atoms with Crippen LogP contribution in [0, 0.1) is 6.92 Å². The Morgan fingerprint density at radius 2 is 2.04 bits per heavy atom. The van der Waals surface area contributed by atoms with Crippen molar-refractivity contribution in [1.29, 1.82) is 0 Å². The van der Waals surface area contributed by atoms with E-state index in [4.69, 9.17) is 5.73 Å². The van der Waals surface area contributed by atoms with Gasteiger partial charge in [-0.3, -0.25) is 14.3 Å². The number of aryl methyl sites for hydroxylation is 4. The second kappa shape index (κ2) is 7.03. The normalized spacial score (nSPS) is 11.0. The van der Waals surface area contributed by atoms with Gasteiger partial charge in [-0.15, -0.1) is 0 Å². The summed E-state index contributed by atoms with van der Waals surface area (Å²) in [5.41, 5.74) is 9.99. The zero-order valence-corrected chi connectivity index (χ0v) is 15.2. The summed E-state index contributed by atoms with van der Waals surface area (Å²) in [4.78, 5) is 27.5. The molecule has 0 atom stereocenters. The van der Waals surface area contributed by atoms with Crippen molar-refractivity contribution < 1.29 is 9.59 Å². The van der Waals surface area contributed by atoms with Crippen molar-refractivity contribution in [3.63, 3.8) is 0 Å². The molecule has 0 bridgehead atoms. The molecule has 26 heavy (non-hydrogen) atoms. The molecular formula is C19H23N5O2. The van der Waals surface area contributed by atoms with Gasteiger partial charge in [-0.2, -0.15) is 5.10 Å². The molecule has 0 fully saturated rings. The standard InChI is InChI=1S/C19H23N5O2/c1-4-14-17(18(19(20)26)24(3)23-14)22-16(25)10-9-12-11(2)21-15-8-6-5-7-13(12)15/h5-8,21H,4,9-10H2,1-3H3,(H2,20,26)(H,22,25). The van der Waals surface area contributed by atoms with Crippen molar-refractivity contribution in [3.8, 4) is 0 Å². The molecule has 1 aromatic carbocycles. The Labute approximate surface area is 151 Å². The fourth-order valence-electron chi connectivity index (χ4n) is 3.34. The van der Waals surface area contributed by atoms with E-state index in [1.54, 1.807) is 7.05 Å². The topological polar surface area (TPSA) is 106 Å². The molecule has 3 rings (SSSR count). The highest BCUT2D eigenvalue weighted by Gasteiger charge is 2.21. The number of carbonyl (C=O) groups excluding carboxylic acids is 2. The SMILES string of the molecule is CCc1nn(C)c(C(N)=O)c1NC(=O)CCc1c(C)[nH]c2ccccc12. The molecule has 136 valence electrons. The molecule has 0 saturated carbocycles. The number of para-hydroxylation sites is 1. The number of nitrogens with zero attached hydrogens (tertiary/aromatic N) is 2. The Bertz CT molecular complexity index is 983. The average Bonchev–Trinajstić information content (AvgIpc) is 3.08. The highest BCUT2D eigenvalue weighted by molar-refractivity contribution is 6.02. The van der Waals surface area contributed by atoms with E-state index < -0.39 is 5.91 Å². The minimum Gasteiger partial charge on any atom is -0.364 e. The minimum atomic E-state index is -0.609. The number of amides is 2. The second-order valence-corrected chi connectivity index (χ2v) is 6.33. The number of nitrogens with one attached hydrogen (secondary N) is 2. The quantitative estimate of drug-likeness (QED) is 0.633. The number of nitrogens with two attached hydrogens (primary N) is 1. The van der Waals surface area contributed by atoms with Crippen LogP contribution in [0.4, 0.5) is 5.69 Å². The van der Waals surface area contributed by atoms with Gasteiger partial charge in [0, 0.05) is 30.1 Å². The van der Waals surface area contributed by atoms with Gasteiger partial charge in [0.15, 0.2) is 0 Å². The van der Waals surface area contributed by atoms with Crippen LogP contribution < -0.4 is 11.1 Å². The molecule has 7 nitrogen and oxygen atoms in total. The molecule has 0 radical (unpaired) electrons. The number of anilines is 1. The van der Waals surface area contributed by atoms with Gasteiger partial charge in [0.2, 0.25) is 5.91 Å². The van der Waals surface area contributed by atoms with Crippen LogP contribution in [0.2, 0.25) is 0 Å². The summed E-state index contributed by atoms with van der Waals surface area (Å²) in [5.74, 6) is -0.776. The van der Waals surface area contributed by atoms with E-state index in [9.17, 15) is 9.59 Å². The van der Waals surface area contributed by atoms with Crippen molar-refractivity contribution in [2.45, 2.75) is 33.1 Å². The summed E-state index contributed by atoms with van der Waals surface area (Å²) < 4.78 is 1.42. The fourth-order valence-corrected chi connectivity index (χ4v) is 3.34. The third kappa shape index (κ3) is 3.20.